The second-order valence-electron chi connectivity index (χ2n) is 5.59. The van der Waals surface area contributed by atoms with Crippen LogP contribution in [0.2, 0.25) is 0 Å². The molecule has 0 amide bonds. The van der Waals surface area contributed by atoms with Crippen molar-refractivity contribution in [2.24, 2.45) is 0 Å². The predicted octanol–water partition coefficient (Wildman–Crippen LogP) is 2.29. The molecule has 2 aliphatic rings. The standard InChI is InChI=1S/C17H14BrN3O5/c1-26-17(25)12-8-21(7-11-15(12)19-20-16(11)24)13(6-14(22)23)9-3-2-4-10(18)5-9/h2-5,7-8,13H,6H2,1H3,(H,20,24)(H,22,23). The minimum atomic E-state index is -1.02. The Balaban J connectivity index is 2.23. The van der Waals surface area contributed by atoms with E-state index in [9.17, 15) is 19.5 Å². The lowest BCUT2D eigenvalue weighted by atomic mass is 10.0. The number of hydrogen-bond donors (Lipinski definition) is 2. The summed E-state index contributed by atoms with van der Waals surface area (Å²) < 4.78 is 7.08. The smallest absolute Gasteiger partial charge is 0.341 e. The van der Waals surface area contributed by atoms with Gasteiger partial charge in [-0.2, -0.15) is 5.10 Å². The molecule has 3 rings (SSSR count). The quantitative estimate of drug-likeness (QED) is 0.613. The van der Waals surface area contributed by atoms with Gasteiger partial charge >= 0.3 is 11.9 Å². The molecule has 0 saturated carbocycles. The molecule has 2 heterocycles. The van der Waals surface area contributed by atoms with E-state index in [1.807, 2.05) is 6.07 Å². The molecule has 1 unspecified atom stereocenters. The van der Waals surface area contributed by atoms with Crippen molar-refractivity contribution in [2.45, 2.75) is 12.5 Å². The molecule has 0 aromatic heterocycles. The molecule has 0 bridgehead atoms. The topological polar surface area (TPSA) is 114 Å². The molecule has 26 heavy (non-hydrogen) atoms. The summed E-state index contributed by atoms with van der Waals surface area (Å²) in [6.07, 6.45) is 2.70. The first-order valence-corrected chi connectivity index (χ1v) is 8.35. The first kappa shape index (κ1) is 17.9. The predicted molar refractivity (Wildman–Crippen MR) is 95.3 cm³/mol. The van der Waals surface area contributed by atoms with E-state index in [2.05, 4.69) is 26.1 Å². The number of carboxylic acid groups (broad SMARTS) is 1. The second-order valence-corrected chi connectivity index (χ2v) is 6.51. The lowest BCUT2D eigenvalue weighted by Crippen LogP contribution is -2.19. The average molecular weight is 420 g/mol. The van der Waals surface area contributed by atoms with Gasteiger partial charge in [-0.25, -0.2) is 9.89 Å². The van der Waals surface area contributed by atoms with E-state index in [1.54, 1.807) is 18.2 Å². The molecular formula is C17H14BrN3O5. The lowest BCUT2D eigenvalue weighted by Gasteiger charge is -2.21. The molecule has 0 saturated heterocycles. The van der Waals surface area contributed by atoms with E-state index in [4.69, 9.17) is 4.74 Å². The molecule has 0 fully saturated rings. The fourth-order valence-corrected chi connectivity index (χ4v) is 3.19. The second kappa shape index (κ2) is 7.12. The van der Waals surface area contributed by atoms with Crippen molar-refractivity contribution in [1.82, 2.24) is 14.8 Å². The summed E-state index contributed by atoms with van der Waals surface area (Å²) in [5.74, 6) is -1.68. The number of nitrogens with one attached hydrogen (secondary N) is 1. The number of aliphatic carboxylic acids is 1. The van der Waals surface area contributed by atoms with E-state index >= 15 is 0 Å². The molecule has 0 aliphatic carbocycles. The van der Waals surface area contributed by atoms with Crippen LogP contribution in [0.4, 0.5) is 0 Å². The molecular weight excluding hydrogens is 406 g/mol. The molecule has 9 heteroatoms. The van der Waals surface area contributed by atoms with Crippen LogP contribution in [0.5, 0.6) is 0 Å². The number of carbonyl (C=O) groups is 2. The van der Waals surface area contributed by atoms with Gasteiger partial charge in [0.1, 0.15) is 11.3 Å². The number of esters is 1. The van der Waals surface area contributed by atoms with E-state index < -0.39 is 23.5 Å². The van der Waals surface area contributed by atoms with Crippen LogP contribution in [0.3, 0.4) is 0 Å². The van der Waals surface area contributed by atoms with Crippen LogP contribution < -0.4 is 5.56 Å². The Bertz CT molecular complexity index is 1010. The molecule has 8 nitrogen and oxygen atoms in total. The maximum atomic E-state index is 12.1. The first-order valence-electron chi connectivity index (χ1n) is 7.56. The van der Waals surface area contributed by atoms with Gasteiger partial charge in [0.2, 0.25) is 0 Å². The van der Waals surface area contributed by atoms with Crippen molar-refractivity contribution in [3.8, 4) is 11.3 Å². The van der Waals surface area contributed by atoms with Crippen LogP contribution in [0.25, 0.3) is 11.3 Å². The highest BCUT2D eigenvalue weighted by Gasteiger charge is 2.25. The number of carboxylic acids is 1. The van der Waals surface area contributed by atoms with Crippen LogP contribution >= 0.6 is 15.9 Å². The van der Waals surface area contributed by atoms with Crippen LogP contribution in [-0.4, -0.2) is 38.9 Å². The van der Waals surface area contributed by atoms with Crippen LogP contribution in [0.1, 0.15) is 28.4 Å². The number of pyridine rings is 1. The van der Waals surface area contributed by atoms with Gasteiger partial charge in [0.05, 0.1) is 25.1 Å². The molecule has 1 aromatic carbocycles. The molecule has 0 spiro atoms. The minimum absolute atomic E-state index is 0.0775. The Labute approximate surface area is 155 Å². The number of H-pyrrole nitrogens is 1. The van der Waals surface area contributed by atoms with Gasteiger partial charge < -0.3 is 14.4 Å². The zero-order chi connectivity index (χ0) is 18.8. The third-order valence-corrected chi connectivity index (χ3v) is 4.44. The normalized spacial score (nSPS) is 12.1. The summed E-state index contributed by atoms with van der Waals surface area (Å²) in [5, 5.41) is 15.5. The van der Waals surface area contributed by atoms with Crippen LogP contribution in [-0.2, 0) is 9.53 Å². The number of aromatic nitrogens is 3. The summed E-state index contributed by atoms with van der Waals surface area (Å²) in [5.41, 5.74) is 0.675. The molecule has 0 radical (unpaired) electrons. The number of hydrogen-bond acceptors (Lipinski definition) is 5. The fourth-order valence-electron chi connectivity index (χ4n) is 2.77. The summed E-state index contributed by atoms with van der Waals surface area (Å²) in [6, 6.07) is 6.54. The monoisotopic (exact) mass is 419 g/mol. The van der Waals surface area contributed by atoms with E-state index in [-0.39, 0.29) is 23.2 Å². The highest BCUT2D eigenvalue weighted by atomic mass is 79.9. The van der Waals surface area contributed by atoms with E-state index in [0.717, 1.165) is 4.47 Å². The lowest BCUT2D eigenvalue weighted by molar-refractivity contribution is -0.137. The Kier molecular flexibility index (Phi) is 4.90. The Hall–Kier alpha value is -2.94. The number of halogens is 1. The van der Waals surface area contributed by atoms with Crippen molar-refractivity contribution in [3.63, 3.8) is 0 Å². The van der Waals surface area contributed by atoms with Gasteiger partial charge in [-0.1, -0.05) is 28.1 Å². The molecule has 1 atom stereocenters. The third kappa shape index (κ3) is 3.38. The highest BCUT2D eigenvalue weighted by molar-refractivity contribution is 9.10. The summed E-state index contributed by atoms with van der Waals surface area (Å²) in [4.78, 5) is 35.5. The highest BCUT2D eigenvalue weighted by Crippen LogP contribution is 2.29. The maximum absolute atomic E-state index is 12.1. The zero-order valence-corrected chi connectivity index (χ0v) is 15.2. The van der Waals surface area contributed by atoms with Crippen molar-refractivity contribution < 1.29 is 19.4 Å². The number of benzene rings is 1. The first-order chi connectivity index (χ1) is 12.4. The van der Waals surface area contributed by atoms with Crippen LogP contribution in [0, 0.1) is 0 Å². The number of ether oxygens (including phenoxy) is 1. The van der Waals surface area contributed by atoms with Gasteiger partial charge in [-0.15, -0.1) is 0 Å². The van der Waals surface area contributed by atoms with Gasteiger partial charge in [0.15, 0.2) is 0 Å². The Morgan fingerprint density at radius 3 is 2.81 bits per heavy atom. The van der Waals surface area contributed by atoms with Crippen molar-refractivity contribution in [2.75, 3.05) is 7.11 Å². The Morgan fingerprint density at radius 2 is 2.15 bits per heavy atom. The Morgan fingerprint density at radius 1 is 1.38 bits per heavy atom. The SMILES string of the molecule is COC(=O)c1cn(C(CC(=O)O)c2cccc(Br)c2)cc2c(=O)[nH]nc1-2. The van der Waals surface area contributed by atoms with Crippen LogP contribution in [0.15, 0.2) is 45.9 Å². The van der Waals surface area contributed by atoms with Gasteiger partial charge in [0.25, 0.3) is 5.56 Å². The summed E-state index contributed by atoms with van der Waals surface area (Å²) in [6.45, 7) is 0. The molecule has 1 aromatic rings. The number of nitrogens with zero attached hydrogens (tertiary/aromatic N) is 2. The molecule has 2 aliphatic heterocycles. The number of fused-ring (bicyclic) bond motifs is 1. The number of carbonyl (C=O) groups excluding carboxylic acids is 1. The summed E-state index contributed by atoms with van der Waals surface area (Å²) in [7, 11) is 1.22. The summed E-state index contributed by atoms with van der Waals surface area (Å²) >= 11 is 3.37. The molecule has 134 valence electrons. The number of rotatable bonds is 5. The van der Waals surface area contributed by atoms with Gasteiger partial charge in [0, 0.05) is 16.9 Å². The molecule has 2 N–H and O–H groups in total. The fraction of sp³-hybridized carbons (Fsp3) is 0.176. The number of methoxy groups -OCH3 is 1. The largest absolute Gasteiger partial charge is 0.481 e. The zero-order valence-electron chi connectivity index (χ0n) is 13.6. The minimum Gasteiger partial charge on any atom is -0.481 e. The van der Waals surface area contributed by atoms with Crippen molar-refractivity contribution in [1.29, 1.82) is 0 Å². The van der Waals surface area contributed by atoms with Crippen molar-refractivity contribution in [3.05, 3.63) is 62.6 Å². The number of aromatic amines is 1. The maximum Gasteiger partial charge on any atom is 0.341 e. The average Bonchev–Trinajstić information content (AvgIpc) is 2.99. The van der Waals surface area contributed by atoms with E-state index in [1.165, 1.54) is 24.1 Å². The van der Waals surface area contributed by atoms with E-state index in [0.29, 0.717) is 5.56 Å². The third-order valence-electron chi connectivity index (χ3n) is 3.95. The van der Waals surface area contributed by atoms with Gasteiger partial charge in [-0.3, -0.25) is 9.59 Å². The van der Waals surface area contributed by atoms with Gasteiger partial charge in [-0.05, 0) is 17.7 Å². The van der Waals surface area contributed by atoms with Crippen molar-refractivity contribution >= 4 is 27.9 Å².